The van der Waals surface area contributed by atoms with E-state index in [9.17, 15) is 19.8 Å². The second-order valence-corrected chi connectivity index (χ2v) is 9.75. The minimum atomic E-state index is -1.18. The smallest absolute Gasteiger partial charge is 0.255 e. The summed E-state index contributed by atoms with van der Waals surface area (Å²) in [6, 6.07) is 4.86. The first-order valence-electron chi connectivity index (χ1n) is 12.4. The van der Waals surface area contributed by atoms with Gasteiger partial charge in [-0.05, 0) is 50.8 Å². The Morgan fingerprint density at radius 2 is 2.05 bits per heavy atom. The summed E-state index contributed by atoms with van der Waals surface area (Å²) < 4.78 is 11.5. The number of nitrogens with zero attached hydrogens (tertiary/aromatic N) is 3. The number of hydrogen-bond acceptors (Lipinski definition) is 8. The van der Waals surface area contributed by atoms with Gasteiger partial charge in [-0.25, -0.2) is 9.97 Å². The number of likely N-dealkylation sites (tertiary alicyclic amines) is 1. The van der Waals surface area contributed by atoms with Crippen molar-refractivity contribution in [3.8, 4) is 22.8 Å². The van der Waals surface area contributed by atoms with Crippen LogP contribution >= 0.6 is 0 Å². The quantitative estimate of drug-likeness (QED) is 0.356. The molecule has 4 N–H and O–H groups in total. The van der Waals surface area contributed by atoms with E-state index in [1.54, 1.807) is 14.0 Å². The first kappa shape index (κ1) is 25.0. The number of hydrogen-bond donors (Lipinski definition) is 4. The van der Waals surface area contributed by atoms with Crippen molar-refractivity contribution in [1.29, 1.82) is 0 Å². The Kier molecular flexibility index (Phi) is 6.74. The van der Waals surface area contributed by atoms with Crippen molar-refractivity contribution in [3.05, 3.63) is 35.8 Å². The first-order chi connectivity index (χ1) is 17.8. The van der Waals surface area contributed by atoms with Crippen LogP contribution < -0.4 is 14.8 Å². The second-order valence-electron chi connectivity index (χ2n) is 9.75. The fourth-order valence-electron chi connectivity index (χ4n) is 4.66. The van der Waals surface area contributed by atoms with E-state index in [1.165, 1.54) is 18.2 Å². The zero-order valence-electron chi connectivity index (χ0n) is 21.0. The van der Waals surface area contributed by atoms with Crippen LogP contribution in [0.4, 0.5) is 0 Å². The molecule has 2 aliphatic rings. The van der Waals surface area contributed by atoms with Crippen molar-refractivity contribution < 1.29 is 29.3 Å². The third-order valence-electron chi connectivity index (χ3n) is 6.89. The van der Waals surface area contributed by atoms with Gasteiger partial charge in [0.15, 0.2) is 0 Å². The maximum atomic E-state index is 13.4. The predicted octanol–water partition coefficient (Wildman–Crippen LogP) is 1.41. The SMILES string of the molecule is COc1ccc(OCC2CC2)c(-c2ncnc3c(C(=O)N[C@@H]4CN(C(=O)[C@H](C)O)C[C@H]4O)c(C)[nH]c23)c1. The molecule has 5 rings (SSSR count). The van der Waals surface area contributed by atoms with E-state index in [1.807, 2.05) is 18.2 Å². The Morgan fingerprint density at radius 3 is 2.76 bits per heavy atom. The summed E-state index contributed by atoms with van der Waals surface area (Å²) in [5, 5.41) is 22.8. The third kappa shape index (κ3) is 4.96. The molecule has 1 aromatic carbocycles. The van der Waals surface area contributed by atoms with Crippen LogP contribution in [0.5, 0.6) is 11.5 Å². The molecule has 196 valence electrons. The van der Waals surface area contributed by atoms with Crippen LogP contribution in [0.3, 0.4) is 0 Å². The van der Waals surface area contributed by atoms with Crippen molar-refractivity contribution >= 4 is 22.8 Å². The number of aliphatic hydroxyl groups is 2. The maximum Gasteiger partial charge on any atom is 0.255 e. The van der Waals surface area contributed by atoms with Gasteiger partial charge in [0.05, 0.1) is 36.9 Å². The van der Waals surface area contributed by atoms with Gasteiger partial charge in [-0.1, -0.05) is 0 Å². The number of carbonyl (C=O) groups excluding carboxylic acids is 2. The summed E-state index contributed by atoms with van der Waals surface area (Å²) >= 11 is 0. The highest BCUT2D eigenvalue weighted by atomic mass is 16.5. The van der Waals surface area contributed by atoms with E-state index in [0.29, 0.717) is 52.0 Å². The van der Waals surface area contributed by atoms with Gasteiger partial charge in [0.25, 0.3) is 11.8 Å². The summed E-state index contributed by atoms with van der Waals surface area (Å²) in [6.07, 6.45) is 1.60. The fourth-order valence-corrected chi connectivity index (χ4v) is 4.66. The summed E-state index contributed by atoms with van der Waals surface area (Å²) in [5.74, 6) is 0.964. The number of fused-ring (bicyclic) bond motifs is 1. The minimum absolute atomic E-state index is 0.0351. The Balaban J connectivity index is 1.45. The van der Waals surface area contributed by atoms with Crippen LogP contribution in [0.2, 0.25) is 0 Å². The monoisotopic (exact) mass is 509 g/mol. The number of H-pyrrole nitrogens is 1. The largest absolute Gasteiger partial charge is 0.497 e. The lowest BCUT2D eigenvalue weighted by Crippen LogP contribution is -2.43. The Morgan fingerprint density at radius 1 is 1.27 bits per heavy atom. The van der Waals surface area contributed by atoms with Crippen molar-refractivity contribution in [1.82, 2.24) is 25.2 Å². The predicted molar refractivity (Wildman–Crippen MR) is 134 cm³/mol. The lowest BCUT2D eigenvalue weighted by atomic mass is 10.1. The maximum absolute atomic E-state index is 13.4. The van der Waals surface area contributed by atoms with Gasteiger partial charge in [-0.2, -0.15) is 0 Å². The molecule has 3 atom stereocenters. The van der Waals surface area contributed by atoms with Crippen LogP contribution in [-0.2, 0) is 4.79 Å². The molecule has 37 heavy (non-hydrogen) atoms. The molecule has 11 heteroatoms. The molecule has 3 heterocycles. The van der Waals surface area contributed by atoms with Gasteiger partial charge in [0.1, 0.15) is 35.1 Å². The summed E-state index contributed by atoms with van der Waals surface area (Å²) in [4.78, 5) is 39.0. The van der Waals surface area contributed by atoms with Gasteiger partial charge < -0.3 is 34.9 Å². The highest BCUT2D eigenvalue weighted by molar-refractivity contribution is 6.09. The normalized spacial score (nSPS) is 20.2. The van der Waals surface area contributed by atoms with Crippen molar-refractivity contribution in [2.75, 3.05) is 26.8 Å². The molecule has 1 aliphatic carbocycles. The fraction of sp³-hybridized carbons (Fsp3) is 0.462. The van der Waals surface area contributed by atoms with E-state index in [4.69, 9.17) is 9.47 Å². The number of nitrogens with one attached hydrogen (secondary N) is 2. The van der Waals surface area contributed by atoms with Crippen molar-refractivity contribution in [2.24, 2.45) is 5.92 Å². The number of amides is 2. The topological polar surface area (TPSA) is 150 Å². The Bertz CT molecular complexity index is 1330. The molecular weight excluding hydrogens is 478 g/mol. The van der Waals surface area contributed by atoms with Crippen LogP contribution in [0.25, 0.3) is 22.3 Å². The number of methoxy groups -OCH3 is 1. The molecule has 3 aromatic rings. The van der Waals surface area contributed by atoms with Gasteiger partial charge in [0.2, 0.25) is 0 Å². The molecule has 0 bridgehead atoms. The number of aromatic amines is 1. The first-order valence-corrected chi connectivity index (χ1v) is 12.4. The molecule has 2 aromatic heterocycles. The Hall–Kier alpha value is -3.70. The number of aryl methyl sites for hydroxylation is 1. The van der Waals surface area contributed by atoms with Crippen LogP contribution in [-0.4, -0.2) is 86.9 Å². The number of aliphatic hydroxyl groups excluding tert-OH is 2. The summed E-state index contributed by atoms with van der Waals surface area (Å²) in [6.45, 7) is 3.91. The van der Waals surface area contributed by atoms with Crippen molar-refractivity contribution in [3.63, 3.8) is 0 Å². The lowest BCUT2D eigenvalue weighted by Gasteiger charge is -2.18. The average molecular weight is 510 g/mol. The van der Waals surface area contributed by atoms with Gasteiger partial charge in [-0.3, -0.25) is 9.59 Å². The second kappa shape index (κ2) is 9.98. The zero-order valence-corrected chi connectivity index (χ0v) is 21.0. The number of rotatable bonds is 8. The molecule has 1 aliphatic heterocycles. The molecule has 0 spiro atoms. The highest BCUT2D eigenvalue weighted by Gasteiger charge is 2.37. The van der Waals surface area contributed by atoms with E-state index in [-0.39, 0.29) is 13.1 Å². The molecular formula is C26H31N5O6. The molecule has 11 nitrogen and oxygen atoms in total. The minimum Gasteiger partial charge on any atom is -0.497 e. The van der Waals surface area contributed by atoms with Gasteiger partial charge >= 0.3 is 0 Å². The molecule has 1 saturated carbocycles. The van der Waals surface area contributed by atoms with E-state index >= 15 is 0 Å². The van der Waals surface area contributed by atoms with E-state index in [2.05, 4.69) is 20.3 Å². The van der Waals surface area contributed by atoms with Crippen LogP contribution in [0, 0.1) is 12.8 Å². The number of β-amino-alcohol motifs (C(OH)–C–C–N with tert-alkyl or cyclic N) is 1. The molecule has 2 fully saturated rings. The van der Waals surface area contributed by atoms with E-state index in [0.717, 1.165) is 18.4 Å². The number of benzene rings is 1. The zero-order chi connectivity index (χ0) is 26.3. The van der Waals surface area contributed by atoms with Gasteiger partial charge in [-0.15, -0.1) is 0 Å². The van der Waals surface area contributed by atoms with Crippen molar-refractivity contribution in [2.45, 2.75) is 44.9 Å². The van der Waals surface area contributed by atoms with Crippen LogP contribution in [0.15, 0.2) is 24.5 Å². The van der Waals surface area contributed by atoms with Gasteiger partial charge in [0, 0.05) is 24.3 Å². The number of aromatic nitrogens is 3. The molecule has 0 unspecified atom stereocenters. The lowest BCUT2D eigenvalue weighted by molar-refractivity contribution is -0.138. The number of ether oxygens (including phenoxy) is 2. The molecule has 0 radical (unpaired) electrons. The highest BCUT2D eigenvalue weighted by Crippen LogP contribution is 2.38. The molecule has 2 amide bonds. The summed E-state index contributed by atoms with van der Waals surface area (Å²) in [5.41, 5.74) is 3.22. The van der Waals surface area contributed by atoms with Crippen LogP contribution in [0.1, 0.15) is 35.8 Å². The van der Waals surface area contributed by atoms with E-state index < -0.39 is 30.1 Å². The third-order valence-corrected chi connectivity index (χ3v) is 6.89. The average Bonchev–Trinajstić information content (AvgIpc) is 3.55. The molecule has 1 saturated heterocycles. The number of carbonyl (C=O) groups is 2. The summed E-state index contributed by atoms with van der Waals surface area (Å²) in [7, 11) is 1.59. The standard InChI is InChI=1S/C26H31N5O6/c1-13-21(25(34)30-18-9-31(10-19(18)33)26(35)14(2)32)23-24(29-13)22(27-12-28-23)17-8-16(36-3)6-7-20(17)37-11-15-4-5-15/h6-8,12,14-15,18-19,29,32-33H,4-5,9-11H2,1-3H3,(H,30,34)/t14-,18+,19+/m0/s1. The Labute approximate surface area is 213 Å².